The van der Waals surface area contributed by atoms with Crippen LogP contribution in [0.15, 0.2) is 84.9 Å². The van der Waals surface area contributed by atoms with Crippen molar-refractivity contribution in [2.45, 2.75) is 77.9 Å². The molecule has 0 N–H and O–H groups in total. The lowest BCUT2D eigenvalue weighted by Crippen LogP contribution is -2.39. The highest BCUT2D eigenvalue weighted by Gasteiger charge is 2.42. The zero-order valence-electron chi connectivity index (χ0n) is 23.6. The van der Waals surface area contributed by atoms with Crippen molar-refractivity contribution in [1.82, 2.24) is 0 Å². The number of carbonyl (C=O) groups excluding carboxylic acids is 2. The van der Waals surface area contributed by atoms with Gasteiger partial charge in [-0.15, -0.1) is 0 Å². The predicted molar refractivity (Wildman–Crippen MR) is 156 cm³/mol. The maximum atomic E-state index is 13.6. The van der Waals surface area contributed by atoms with Gasteiger partial charge in [0.25, 0.3) is 0 Å². The molecule has 4 nitrogen and oxygen atoms in total. The summed E-state index contributed by atoms with van der Waals surface area (Å²) in [6, 6.07) is 28.7. The molecule has 39 heavy (non-hydrogen) atoms. The van der Waals surface area contributed by atoms with E-state index < -0.39 is 17.4 Å². The van der Waals surface area contributed by atoms with Gasteiger partial charge < -0.3 is 9.47 Å². The van der Waals surface area contributed by atoms with Crippen LogP contribution in [0.5, 0.6) is 0 Å². The first-order valence-corrected chi connectivity index (χ1v) is 14.4. The zero-order chi connectivity index (χ0) is 27.7. The van der Waals surface area contributed by atoms with Crippen LogP contribution in [-0.4, -0.2) is 17.5 Å². The molecule has 0 spiro atoms. The van der Waals surface area contributed by atoms with Crippen LogP contribution in [0.1, 0.15) is 70.4 Å². The highest BCUT2D eigenvalue weighted by atomic mass is 16.6. The van der Waals surface area contributed by atoms with Gasteiger partial charge in [0, 0.05) is 0 Å². The molecule has 0 aromatic heterocycles. The van der Waals surface area contributed by atoms with Crippen LogP contribution in [0.3, 0.4) is 0 Å². The highest BCUT2D eigenvalue weighted by molar-refractivity contribution is 5.82. The molecule has 0 aliphatic heterocycles. The Bertz CT molecular complexity index is 1170. The second-order valence-corrected chi connectivity index (χ2v) is 11.8. The standard InChI is InChI=1S/C35H42O4/c1-35(2,3)39-33(36)31(20-12-15-26-21-23-29(24-22-26)28-16-8-5-9-17-28)32(30-18-10-11-19-30)34(37)38-25-27-13-6-4-7-14-27/h4-9,13-14,16-17,21-24,30-32H,10-12,15,18-20,25H2,1-3H3/t31-,32+/m1/s1. The van der Waals surface area contributed by atoms with Crippen LogP contribution < -0.4 is 0 Å². The van der Waals surface area contributed by atoms with Gasteiger partial charge in [0.05, 0.1) is 11.8 Å². The number of ether oxygens (including phenoxy) is 2. The number of hydrogen-bond donors (Lipinski definition) is 0. The molecular formula is C35H42O4. The number of aryl methyl sites for hydroxylation is 1. The molecule has 1 aliphatic carbocycles. The predicted octanol–water partition coefficient (Wildman–Crippen LogP) is 8.18. The topological polar surface area (TPSA) is 52.6 Å². The second-order valence-electron chi connectivity index (χ2n) is 11.8. The third kappa shape index (κ3) is 8.54. The Morgan fingerprint density at radius 1 is 0.769 bits per heavy atom. The molecular weight excluding hydrogens is 484 g/mol. The fraction of sp³-hybridized carbons (Fsp3) is 0.429. The first kappa shape index (κ1) is 28.6. The Labute approximate surface area is 233 Å². The van der Waals surface area contributed by atoms with Crippen molar-refractivity contribution in [1.29, 1.82) is 0 Å². The molecule has 0 saturated heterocycles. The SMILES string of the molecule is CC(C)(C)OC(=O)[C@H](CCCc1ccc(-c2ccccc2)cc1)[C@@H](C(=O)OCc1ccccc1)C1CCCC1. The quantitative estimate of drug-likeness (QED) is 0.236. The third-order valence-electron chi connectivity index (χ3n) is 7.59. The summed E-state index contributed by atoms with van der Waals surface area (Å²) in [6.45, 7) is 5.87. The van der Waals surface area contributed by atoms with E-state index >= 15 is 0 Å². The monoisotopic (exact) mass is 526 g/mol. The lowest BCUT2D eigenvalue weighted by atomic mass is 9.77. The average Bonchev–Trinajstić information content (AvgIpc) is 3.46. The molecule has 3 aromatic rings. The highest BCUT2D eigenvalue weighted by Crippen LogP contribution is 2.39. The van der Waals surface area contributed by atoms with Crippen LogP contribution in [0.2, 0.25) is 0 Å². The smallest absolute Gasteiger partial charge is 0.310 e. The fourth-order valence-corrected chi connectivity index (χ4v) is 5.67. The van der Waals surface area contributed by atoms with Crippen molar-refractivity contribution in [2.24, 2.45) is 17.8 Å². The largest absolute Gasteiger partial charge is 0.461 e. The molecule has 0 unspecified atom stereocenters. The van der Waals surface area contributed by atoms with Crippen LogP contribution in [0, 0.1) is 17.8 Å². The summed E-state index contributed by atoms with van der Waals surface area (Å²) < 4.78 is 11.7. The molecule has 1 fully saturated rings. The van der Waals surface area contributed by atoms with Crippen LogP contribution >= 0.6 is 0 Å². The molecule has 0 amide bonds. The minimum Gasteiger partial charge on any atom is -0.461 e. The van der Waals surface area contributed by atoms with E-state index in [0.29, 0.717) is 6.42 Å². The van der Waals surface area contributed by atoms with Crippen molar-refractivity contribution in [3.05, 3.63) is 96.1 Å². The van der Waals surface area contributed by atoms with E-state index in [1.807, 2.05) is 69.3 Å². The minimum absolute atomic E-state index is 0.149. The van der Waals surface area contributed by atoms with E-state index in [1.54, 1.807) is 0 Å². The molecule has 0 bridgehead atoms. The Morgan fingerprint density at radius 3 is 1.97 bits per heavy atom. The van der Waals surface area contributed by atoms with Crippen molar-refractivity contribution in [3.63, 3.8) is 0 Å². The zero-order valence-corrected chi connectivity index (χ0v) is 23.6. The summed E-state index contributed by atoms with van der Waals surface area (Å²) in [5.74, 6) is -1.40. The fourth-order valence-electron chi connectivity index (χ4n) is 5.67. The minimum atomic E-state index is -0.614. The summed E-state index contributed by atoms with van der Waals surface area (Å²) in [5, 5.41) is 0. The number of benzene rings is 3. The summed E-state index contributed by atoms with van der Waals surface area (Å²) >= 11 is 0. The van der Waals surface area contributed by atoms with E-state index in [-0.39, 0.29) is 24.5 Å². The van der Waals surface area contributed by atoms with Crippen molar-refractivity contribution < 1.29 is 19.1 Å². The Hall–Kier alpha value is -3.40. The van der Waals surface area contributed by atoms with Crippen LogP contribution in [-0.2, 0) is 32.1 Å². The summed E-state index contributed by atoms with van der Waals surface area (Å²) in [7, 11) is 0. The van der Waals surface area contributed by atoms with Gasteiger partial charge in [-0.05, 0) is 81.0 Å². The van der Waals surface area contributed by atoms with Gasteiger partial charge >= 0.3 is 11.9 Å². The lowest BCUT2D eigenvalue weighted by Gasteiger charge is -2.31. The number of esters is 2. The molecule has 0 heterocycles. The lowest BCUT2D eigenvalue weighted by molar-refractivity contribution is -0.171. The normalized spacial score (nSPS) is 15.5. The van der Waals surface area contributed by atoms with Gasteiger partial charge in [0.15, 0.2) is 0 Å². The Balaban J connectivity index is 1.47. The van der Waals surface area contributed by atoms with Crippen LogP contribution in [0.4, 0.5) is 0 Å². The van der Waals surface area contributed by atoms with Gasteiger partial charge in [0.2, 0.25) is 0 Å². The molecule has 0 radical (unpaired) electrons. The molecule has 3 aromatic carbocycles. The maximum Gasteiger partial charge on any atom is 0.310 e. The van der Waals surface area contributed by atoms with Gasteiger partial charge in [-0.1, -0.05) is 97.8 Å². The summed E-state index contributed by atoms with van der Waals surface area (Å²) in [5.41, 5.74) is 3.94. The molecule has 1 aliphatic rings. The first-order valence-electron chi connectivity index (χ1n) is 14.4. The van der Waals surface area contributed by atoms with Gasteiger partial charge in [-0.2, -0.15) is 0 Å². The molecule has 4 rings (SSSR count). The van der Waals surface area contributed by atoms with E-state index in [1.165, 1.54) is 16.7 Å². The van der Waals surface area contributed by atoms with Crippen molar-refractivity contribution >= 4 is 11.9 Å². The van der Waals surface area contributed by atoms with E-state index in [0.717, 1.165) is 44.1 Å². The number of carbonyl (C=O) groups is 2. The van der Waals surface area contributed by atoms with E-state index in [4.69, 9.17) is 9.47 Å². The molecule has 4 heteroatoms. The van der Waals surface area contributed by atoms with Gasteiger partial charge in [0.1, 0.15) is 12.2 Å². The molecule has 1 saturated carbocycles. The molecule has 206 valence electrons. The average molecular weight is 527 g/mol. The van der Waals surface area contributed by atoms with Gasteiger partial charge in [-0.25, -0.2) is 0 Å². The third-order valence-corrected chi connectivity index (χ3v) is 7.59. The Morgan fingerprint density at radius 2 is 1.36 bits per heavy atom. The van der Waals surface area contributed by atoms with Gasteiger partial charge in [-0.3, -0.25) is 9.59 Å². The Kier molecular flexibility index (Phi) is 9.97. The van der Waals surface area contributed by atoms with E-state index in [9.17, 15) is 9.59 Å². The summed E-state index contributed by atoms with van der Waals surface area (Å²) in [6.07, 6.45) is 6.30. The first-order chi connectivity index (χ1) is 18.8. The number of hydrogen-bond acceptors (Lipinski definition) is 4. The molecule has 2 atom stereocenters. The van der Waals surface area contributed by atoms with E-state index in [2.05, 4.69) is 36.4 Å². The van der Waals surface area contributed by atoms with Crippen molar-refractivity contribution in [2.75, 3.05) is 0 Å². The number of rotatable bonds is 11. The maximum absolute atomic E-state index is 13.6. The van der Waals surface area contributed by atoms with Crippen molar-refractivity contribution in [3.8, 4) is 11.1 Å². The summed E-state index contributed by atoms with van der Waals surface area (Å²) in [4.78, 5) is 27.1. The second kappa shape index (κ2) is 13.6. The van der Waals surface area contributed by atoms with Crippen LogP contribution in [0.25, 0.3) is 11.1 Å².